The first-order chi connectivity index (χ1) is 9.83. The molecule has 1 atom stereocenters. The summed E-state index contributed by atoms with van der Waals surface area (Å²) in [6, 6.07) is 5.89. The third-order valence-electron chi connectivity index (χ3n) is 3.50. The smallest absolute Gasteiger partial charge is 0.161 e. The summed E-state index contributed by atoms with van der Waals surface area (Å²) >= 11 is 0. The van der Waals surface area contributed by atoms with Gasteiger partial charge < -0.3 is 19.9 Å². The molecule has 1 aliphatic heterocycles. The lowest BCUT2D eigenvalue weighted by molar-refractivity contribution is 0.0979. The maximum atomic E-state index is 5.83. The van der Waals surface area contributed by atoms with Crippen LogP contribution in [0.3, 0.4) is 0 Å². The molecule has 0 aliphatic carbocycles. The molecule has 0 saturated carbocycles. The van der Waals surface area contributed by atoms with E-state index in [1.807, 2.05) is 25.1 Å². The fourth-order valence-electron chi connectivity index (χ4n) is 2.43. The molecule has 0 radical (unpaired) electrons. The Morgan fingerprint density at radius 2 is 2.20 bits per heavy atom. The normalized spacial score (nSPS) is 18.2. The first-order valence-corrected chi connectivity index (χ1v) is 7.53. The van der Waals surface area contributed by atoms with Gasteiger partial charge in [0.05, 0.1) is 19.3 Å². The van der Waals surface area contributed by atoms with E-state index in [-0.39, 0.29) is 0 Å². The minimum atomic E-state index is 0.435. The van der Waals surface area contributed by atoms with Crippen LogP contribution < -0.4 is 15.2 Å². The minimum absolute atomic E-state index is 0.435. The fraction of sp³-hybridized carbons (Fsp3) is 0.625. The Kier molecular flexibility index (Phi) is 6.15. The van der Waals surface area contributed by atoms with Gasteiger partial charge in [0.25, 0.3) is 0 Å². The van der Waals surface area contributed by atoms with Gasteiger partial charge in [-0.3, -0.25) is 0 Å². The molecule has 1 fully saturated rings. The van der Waals surface area contributed by atoms with Crippen LogP contribution in [0, 0.1) is 0 Å². The number of hydrogen-bond acceptors (Lipinski definition) is 4. The van der Waals surface area contributed by atoms with Crippen molar-refractivity contribution in [3.05, 3.63) is 23.8 Å². The van der Waals surface area contributed by atoms with Gasteiger partial charge in [-0.15, -0.1) is 0 Å². The standard InChI is InChI=1S/C16H25NO3/c1-2-18-16-11-13(12-17)7-8-15(16)20-10-4-6-14-5-3-9-19-14/h7-8,11,14H,2-6,9-10,12,17H2,1H3. The Hall–Kier alpha value is -1.26. The van der Waals surface area contributed by atoms with Gasteiger partial charge in [-0.25, -0.2) is 0 Å². The summed E-state index contributed by atoms with van der Waals surface area (Å²) < 4.78 is 17.0. The van der Waals surface area contributed by atoms with Gasteiger partial charge in [0.15, 0.2) is 11.5 Å². The molecule has 1 unspecified atom stereocenters. The lowest BCUT2D eigenvalue weighted by Gasteiger charge is -2.14. The average Bonchev–Trinajstić information content (AvgIpc) is 2.98. The zero-order valence-electron chi connectivity index (χ0n) is 12.3. The highest BCUT2D eigenvalue weighted by Crippen LogP contribution is 2.28. The lowest BCUT2D eigenvalue weighted by atomic mass is 10.1. The van der Waals surface area contributed by atoms with Crippen LogP contribution in [0.25, 0.3) is 0 Å². The zero-order chi connectivity index (χ0) is 14.2. The van der Waals surface area contributed by atoms with E-state index in [9.17, 15) is 0 Å². The molecule has 1 saturated heterocycles. The van der Waals surface area contributed by atoms with Crippen molar-refractivity contribution >= 4 is 0 Å². The first kappa shape index (κ1) is 15.1. The van der Waals surface area contributed by atoms with Gasteiger partial charge in [0.2, 0.25) is 0 Å². The largest absolute Gasteiger partial charge is 0.490 e. The van der Waals surface area contributed by atoms with Crippen LogP contribution >= 0.6 is 0 Å². The van der Waals surface area contributed by atoms with Crippen molar-refractivity contribution in [3.8, 4) is 11.5 Å². The number of ether oxygens (including phenoxy) is 3. The van der Waals surface area contributed by atoms with Gasteiger partial charge in [-0.1, -0.05) is 6.07 Å². The molecule has 2 rings (SSSR count). The van der Waals surface area contributed by atoms with Crippen molar-refractivity contribution in [1.29, 1.82) is 0 Å². The summed E-state index contributed by atoms with van der Waals surface area (Å²) in [5, 5.41) is 0. The second kappa shape index (κ2) is 8.12. The molecule has 1 aliphatic rings. The third kappa shape index (κ3) is 4.39. The van der Waals surface area contributed by atoms with Crippen LogP contribution in [-0.4, -0.2) is 25.9 Å². The van der Waals surface area contributed by atoms with Crippen LogP contribution in [0.15, 0.2) is 18.2 Å². The van der Waals surface area contributed by atoms with Gasteiger partial charge >= 0.3 is 0 Å². The molecule has 0 amide bonds. The molecule has 4 heteroatoms. The Morgan fingerprint density at radius 1 is 1.30 bits per heavy atom. The molecule has 1 aromatic rings. The molecule has 0 spiro atoms. The second-order valence-corrected chi connectivity index (χ2v) is 5.04. The lowest BCUT2D eigenvalue weighted by Crippen LogP contribution is -2.08. The Bertz CT molecular complexity index is 403. The van der Waals surface area contributed by atoms with Crippen molar-refractivity contribution in [3.63, 3.8) is 0 Å². The van der Waals surface area contributed by atoms with E-state index in [1.54, 1.807) is 0 Å². The Morgan fingerprint density at radius 3 is 2.90 bits per heavy atom. The summed E-state index contributed by atoms with van der Waals surface area (Å²) in [5.41, 5.74) is 6.70. The second-order valence-electron chi connectivity index (χ2n) is 5.04. The summed E-state index contributed by atoms with van der Waals surface area (Å²) in [5.74, 6) is 1.59. The zero-order valence-corrected chi connectivity index (χ0v) is 12.3. The summed E-state index contributed by atoms with van der Waals surface area (Å²) in [7, 11) is 0. The molecule has 1 heterocycles. The molecular formula is C16H25NO3. The van der Waals surface area contributed by atoms with Crippen molar-refractivity contribution in [1.82, 2.24) is 0 Å². The van der Waals surface area contributed by atoms with Crippen LogP contribution in [0.1, 0.15) is 38.2 Å². The maximum absolute atomic E-state index is 5.83. The molecule has 0 bridgehead atoms. The van der Waals surface area contributed by atoms with Crippen molar-refractivity contribution < 1.29 is 14.2 Å². The van der Waals surface area contributed by atoms with E-state index in [1.165, 1.54) is 12.8 Å². The predicted octanol–water partition coefficient (Wildman–Crippen LogP) is 2.88. The Labute approximate surface area is 121 Å². The van der Waals surface area contributed by atoms with E-state index in [0.29, 0.717) is 25.9 Å². The topological polar surface area (TPSA) is 53.7 Å². The average molecular weight is 279 g/mol. The molecular weight excluding hydrogens is 254 g/mol. The quantitative estimate of drug-likeness (QED) is 0.743. The molecule has 1 aromatic carbocycles. The summed E-state index contributed by atoms with van der Waals surface area (Å²) in [6.07, 6.45) is 4.90. The fourth-order valence-corrected chi connectivity index (χ4v) is 2.43. The van der Waals surface area contributed by atoms with Gasteiger partial charge in [0, 0.05) is 13.2 Å². The maximum Gasteiger partial charge on any atom is 0.161 e. The van der Waals surface area contributed by atoms with Crippen molar-refractivity contribution in [2.75, 3.05) is 19.8 Å². The summed E-state index contributed by atoms with van der Waals surface area (Å²) in [6.45, 7) is 4.72. The van der Waals surface area contributed by atoms with Gasteiger partial charge in [-0.2, -0.15) is 0 Å². The number of rotatable bonds is 8. The number of hydrogen-bond donors (Lipinski definition) is 1. The molecule has 0 aromatic heterocycles. The first-order valence-electron chi connectivity index (χ1n) is 7.53. The number of benzene rings is 1. The van der Waals surface area contributed by atoms with E-state index in [4.69, 9.17) is 19.9 Å². The predicted molar refractivity (Wildman–Crippen MR) is 79.2 cm³/mol. The molecule has 20 heavy (non-hydrogen) atoms. The van der Waals surface area contributed by atoms with Crippen molar-refractivity contribution in [2.45, 2.75) is 45.3 Å². The Balaban J connectivity index is 1.81. The van der Waals surface area contributed by atoms with E-state index in [2.05, 4.69) is 0 Å². The van der Waals surface area contributed by atoms with Crippen molar-refractivity contribution in [2.24, 2.45) is 5.73 Å². The highest BCUT2D eigenvalue weighted by atomic mass is 16.5. The van der Waals surface area contributed by atoms with Crippen LogP contribution in [-0.2, 0) is 11.3 Å². The monoisotopic (exact) mass is 279 g/mol. The third-order valence-corrected chi connectivity index (χ3v) is 3.50. The van der Waals surface area contributed by atoms with E-state index >= 15 is 0 Å². The minimum Gasteiger partial charge on any atom is -0.490 e. The van der Waals surface area contributed by atoms with Crippen LogP contribution in [0.5, 0.6) is 11.5 Å². The van der Waals surface area contributed by atoms with Gasteiger partial charge in [-0.05, 0) is 50.3 Å². The highest BCUT2D eigenvalue weighted by Gasteiger charge is 2.14. The van der Waals surface area contributed by atoms with E-state index < -0.39 is 0 Å². The summed E-state index contributed by atoms with van der Waals surface area (Å²) in [4.78, 5) is 0. The van der Waals surface area contributed by atoms with Crippen LogP contribution in [0.2, 0.25) is 0 Å². The van der Waals surface area contributed by atoms with Crippen LogP contribution in [0.4, 0.5) is 0 Å². The van der Waals surface area contributed by atoms with Gasteiger partial charge in [0.1, 0.15) is 0 Å². The highest BCUT2D eigenvalue weighted by molar-refractivity contribution is 5.43. The number of nitrogens with two attached hydrogens (primary N) is 1. The molecule has 2 N–H and O–H groups in total. The SMILES string of the molecule is CCOc1cc(CN)ccc1OCCCC1CCCO1. The molecule has 4 nitrogen and oxygen atoms in total. The van der Waals surface area contributed by atoms with E-state index in [0.717, 1.165) is 36.5 Å². The molecule has 112 valence electrons.